The summed E-state index contributed by atoms with van der Waals surface area (Å²) in [6.07, 6.45) is 12.8. The fraction of sp³-hybridized carbons (Fsp3) is 0.750. The van der Waals surface area contributed by atoms with Crippen LogP contribution in [0.15, 0.2) is 12.7 Å². The van der Waals surface area contributed by atoms with Gasteiger partial charge in [-0.05, 0) is 51.4 Å². The number of urea groups is 1. The number of carbonyl (C=O) groups is 5. The molecule has 0 spiro atoms. The second-order valence-electron chi connectivity index (χ2n) is 10.6. The molecule has 4 N–H and O–H groups in total. The topological polar surface area (TPSA) is 137 Å². The molecule has 0 aliphatic carbocycles. The smallest absolute Gasteiger partial charge is 0.315 e. The molecule has 0 radical (unpaired) electrons. The Morgan fingerprint density at radius 3 is 1.91 bits per heavy atom. The maximum atomic E-state index is 13.8. The van der Waals surface area contributed by atoms with Gasteiger partial charge in [-0.1, -0.05) is 87.7 Å². The number of nitrogens with one attached hydrogen (secondary N) is 4. The molecule has 1 aliphatic rings. The molecule has 0 aromatic carbocycles. The van der Waals surface area contributed by atoms with Gasteiger partial charge in [0.25, 0.3) is 5.91 Å². The minimum absolute atomic E-state index is 0.116. The van der Waals surface area contributed by atoms with Crippen molar-refractivity contribution < 1.29 is 24.0 Å². The summed E-state index contributed by atoms with van der Waals surface area (Å²) in [6, 6.07) is -3.17. The van der Waals surface area contributed by atoms with Gasteiger partial charge in [-0.3, -0.25) is 19.2 Å². The second kappa shape index (κ2) is 31.6. The zero-order valence-electron chi connectivity index (χ0n) is 31.4. The molecular formula is C36H69N5O5. The molecule has 5 amide bonds. The summed E-state index contributed by atoms with van der Waals surface area (Å²) >= 11 is 0. The SMILES string of the molecule is C#CCCC(NC(=O)C1CCCN1C(=O)C(NC(=O)NC)C(C)(CCC)CCC)C(=O)C(=O)NCC.C=CC.CC.CC.CCC. The maximum Gasteiger partial charge on any atom is 0.315 e. The molecule has 1 aliphatic heterocycles. The third-order valence-corrected chi connectivity index (χ3v) is 6.70. The molecule has 3 unspecified atom stereocenters. The van der Waals surface area contributed by atoms with E-state index in [0.717, 1.165) is 25.7 Å². The summed E-state index contributed by atoms with van der Waals surface area (Å²) < 4.78 is 0. The van der Waals surface area contributed by atoms with Crippen LogP contribution in [-0.4, -0.2) is 72.7 Å². The number of Topliss-reactive ketones (excluding diaryl/α,β-unsaturated/α-hetero) is 1. The zero-order valence-corrected chi connectivity index (χ0v) is 31.4. The molecule has 1 heterocycles. The highest BCUT2D eigenvalue weighted by Gasteiger charge is 2.45. The number of hydrogen-bond acceptors (Lipinski definition) is 5. The first kappa shape index (κ1) is 49.5. The number of likely N-dealkylation sites (N-methyl/N-ethyl adjacent to an activating group) is 1. The molecule has 1 fully saturated rings. The van der Waals surface area contributed by atoms with Crippen LogP contribution in [0.4, 0.5) is 4.79 Å². The first-order valence-corrected chi connectivity index (χ1v) is 17.3. The quantitative estimate of drug-likeness (QED) is 0.102. The van der Waals surface area contributed by atoms with Crippen LogP contribution in [0.2, 0.25) is 0 Å². The first-order valence-electron chi connectivity index (χ1n) is 17.3. The largest absolute Gasteiger partial charge is 0.350 e. The molecule has 268 valence electrons. The predicted molar refractivity (Wildman–Crippen MR) is 192 cm³/mol. The highest BCUT2D eigenvalue weighted by Crippen LogP contribution is 2.35. The van der Waals surface area contributed by atoms with E-state index < -0.39 is 47.2 Å². The minimum Gasteiger partial charge on any atom is -0.350 e. The molecule has 10 nitrogen and oxygen atoms in total. The average molecular weight is 652 g/mol. The third-order valence-electron chi connectivity index (χ3n) is 6.70. The Bertz CT molecular complexity index is 894. The van der Waals surface area contributed by atoms with Crippen LogP contribution in [-0.2, 0) is 19.2 Å². The van der Waals surface area contributed by atoms with Crippen molar-refractivity contribution in [1.82, 2.24) is 26.2 Å². The number of allylic oxidation sites excluding steroid dienone is 1. The third kappa shape index (κ3) is 19.2. The van der Waals surface area contributed by atoms with Gasteiger partial charge >= 0.3 is 6.03 Å². The van der Waals surface area contributed by atoms with E-state index in [1.54, 1.807) is 13.0 Å². The lowest BCUT2D eigenvalue weighted by Crippen LogP contribution is -2.60. The van der Waals surface area contributed by atoms with Gasteiger partial charge in [0.1, 0.15) is 12.1 Å². The van der Waals surface area contributed by atoms with Crippen LogP contribution < -0.4 is 21.3 Å². The molecule has 0 saturated carbocycles. The number of rotatable bonds is 14. The van der Waals surface area contributed by atoms with Crippen LogP contribution in [0.1, 0.15) is 134 Å². The standard InChI is InChI=1S/C26H43N5O5.C3H8.C3H6.2C2H6/c1-7-11-13-18(20(32)23(34)28-10-4)29-22(33)19-14-12-17-31(19)24(35)21(30-25(36)27-6)26(5,15-8-2)16-9-3;2*1-3-2;2*1-2/h1,18-19,21H,8-17H2,2-6H3,(H,28,34)(H,29,33)(H2,27,30,36);3H2,1-2H3;3H,1H2,2H3;2*1-2H3. The van der Waals surface area contributed by atoms with Crippen LogP contribution in [0.3, 0.4) is 0 Å². The normalized spacial score (nSPS) is 14.2. The van der Waals surface area contributed by atoms with Crippen molar-refractivity contribution in [1.29, 1.82) is 0 Å². The highest BCUT2D eigenvalue weighted by molar-refractivity contribution is 6.38. The van der Waals surface area contributed by atoms with Crippen molar-refractivity contribution in [2.75, 3.05) is 20.1 Å². The highest BCUT2D eigenvalue weighted by atomic mass is 16.2. The van der Waals surface area contributed by atoms with Crippen molar-refractivity contribution >= 4 is 29.5 Å². The lowest BCUT2D eigenvalue weighted by Gasteiger charge is -2.40. The zero-order chi connectivity index (χ0) is 36.7. The summed E-state index contributed by atoms with van der Waals surface area (Å²) in [5.74, 6) is 0.0387. The van der Waals surface area contributed by atoms with Gasteiger partial charge in [0.2, 0.25) is 17.6 Å². The molecule has 1 saturated heterocycles. The van der Waals surface area contributed by atoms with Crippen molar-refractivity contribution in [2.24, 2.45) is 5.41 Å². The van der Waals surface area contributed by atoms with E-state index in [2.05, 4.69) is 47.6 Å². The second-order valence-corrected chi connectivity index (χ2v) is 10.6. The monoisotopic (exact) mass is 652 g/mol. The Labute approximate surface area is 282 Å². The van der Waals surface area contributed by atoms with Crippen LogP contribution in [0.5, 0.6) is 0 Å². The summed E-state index contributed by atoms with van der Waals surface area (Å²) in [5.41, 5.74) is -0.500. The summed E-state index contributed by atoms with van der Waals surface area (Å²) in [4.78, 5) is 65.6. The van der Waals surface area contributed by atoms with Crippen LogP contribution in [0.25, 0.3) is 0 Å². The molecule has 1 rings (SSSR count). The number of amides is 5. The van der Waals surface area contributed by atoms with Gasteiger partial charge in [0, 0.05) is 26.6 Å². The van der Waals surface area contributed by atoms with Crippen molar-refractivity contribution in [3.8, 4) is 12.3 Å². The molecular weight excluding hydrogens is 582 g/mol. The Morgan fingerprint density at radius 1 is 1.00 bits per heavy atom. The van der Waals surface area contributed by atoms with E-state index in [-0.39, 0.29) is 25.3 Å². The summed E-state index contributed by atoms with van der Waals surface area (Å²) in [6.45, 7) is 25.9. The van der Waals surface area contributed by atoms with Gasteiger partial charge in [-0.2, -0.15) is 0 Å². The van der Waals surface area contributed by atoms with Gasteiger partial charge in [0.15, 0.2) is 0 Å². The lowest BCUT2D eigenvalue weighted by molar-refractivity contribution is -0.144. The number of hydrogen-bond donors (Lipinski definition) is 4. The Kier molecular flexibility index (Phi) is 34.1. The molecule has 0 aromatic rings. The Balaban J connectivity index is -0.000000785. The maximum absolute atomic E-state index is 13.8. The average Bonchev–Trinajstić information content (AvgIpc) is 3.54. The summed E-state index contributed by atoms with van der Waals surface area (Å²) in [7, 11) is 1.49. The number of terminal acetylenes is 1. The van der Waals surface area contributed by atoms with Crippen LogP contribution in [0, 0.1) is 17.8 Å². The Morgan fingerprint density at radius 2 is 1.50 bits per heavy atom. The molecule has 46 heavy (non-hydrogen) atoms. The fourth-order valence-electron chi connectivity index (χ4n) is 4.93. The number of nitrogens with zero attached hydrogens (tertiary/aromatic N) is 1. The van der Waals surface area contributed by atoms with E-state index in [0.29, 0.717) is 19.4 Å². The van der Waals surface area contributed by atoms with Gasteiger partial charge in [0.05, 0.1) is 6.04 Å². The van der Waals surface area contributed by atoms with Crippen molar-refractivity contribution in [3.63, 3.8) is 0 Å². The minimum atomic E-state index is -1.08. The molecule has 0 bridgehead atoms. The molecule has 3 atom stereocenters. The van der Waals surface area contributed by atoms with E-state index in [9.17, 15) is 24.0 Å². The first-order chi connectivity index (χ1) is 21.9. The molecule has 0 aromatic heterocycles. The Hall–Kier alpha value is -3.35. The van der Waals surface area contributed by atoms with Crippen molar-refractivity contribution in [2.45, 2.75) is 152 Å². The van der Waals surface area contributed by atoms with Gasteiger partial charge < -0.3 is 26.2 Å². The van der Waals surface area contributed by atoms with Crippen molar-refractivity contribution in [3.05, 3.63) is 12.7 Å². The number of likely N-dealkylation sites (tertiary alicyclic amines) is 1. The lowest BCUT2D eigenvalue weighted by atomic mass is 9.74. The fourth-order valence-corrected chi connectivity index (χ4v) is 4.93. The van der Waals surface area contributed by atoms with Gasteiger partial charge in [-0.25, -0.2) is 4.79 Å². The van der Waals surface area contributed by atoms with E-state index in [1.165, 1.54) is 18.4 Å². The summed E-state index contributed by atoms with van der Waals surface area (Å²) in [5, 5.41) is 10.5. The number of ketones is 1. The van der Waals surface area contributed by atoms with E-state index in [4.69, 9.17) is 6.42 Å². The van der Waals surface area contributed by atoms with E-state index >= 15 is 0 Å². The number of carbonyl (C=O) groups excluding carboxylic acids is 5. The van der Waals surface area contributed by atoms with E-state index in [1.807, 2.05) is 55.4 Å². The molecule has 10 heteroatoms. The van der Waals surface area contributed by atoms with Gasteiger partial charge in [-0.15, -0.1) is 18.9 Å². The van der Waals surface area contributed by atoms with Crippen LogP contribution >= 0.6 is 0 Å². The predicted octanol–water partition coefficient (Wildman–Crippen LogP) is 6.15.